The van der Waals surface area contributed by atoms with Crippen LogP contribution in [0, 0.1) is 19.8 Å². The third-order valence-electron chi connectivity index (χ3n) is 3.83. The quantitative estimate of drug-likeness (QED) is 0.844. The summed E-state index contributed by atoms with van der Waals surface area (Å²) in [5.74, 6) is 1.44. The Hall–Kier alpha value is -0.710. The van der Waals surface area contributed by atoms with E-state index in [2.05, 4.69) is 37.4 Å². The van der Waals surface area contributed by atoms with Crippen molar-refractivity contribution in [3.63, 3.8) is 0 Å². The summed E-state index contributed by atoms with van der Waals surface area (Å²) in [5, 5.41) is 3.20. The highest BCUT2D eigenvalue weighted by molar-refractivity contribution is 8.00. The van der Waals surface area contributed by atoms with Crippen LogP contribution in [0.3, 0.4) is 0 Å². The molecule has 1 aliphatic rings. The molecule has 21 heavy (non-hydrogen) atoms. The Morgan fingerprint density at radius 1 is 1.43 bits per heavy atom. The van der Waals surface area contributed by atoms with Gasteiger partial charge in [-0.2, -0.15) is 0 Å². The molecule has 1 fully saturated rings. The summed E-state index contributed by atoms with van der Waals surface area (Å²) in [7, 11) is 1.97. The molecule has 1 heterocycles. The highest BCUT2D eigenvalue weighted by Crippen LogP contribution is 2.25. The standard InChI is InChI=1S/C16H24N2OS.ClH/c1-12-4-5-13(2)15(8-12)20-11-16(19)18-7-6-14(10-18)9-17-3;/h4-5,8,14,17H,6-7,9-11H2,1-3H3;1H. The Morgan fingerprint density at radius 3 is 2.90 bits per heavy atom. The molecular formula is C16H25ClN2OS. The van der Waals surface area contributed by atoms with Crippen molar-refractivity contribution in [3.8, 4) is 0 Å². The molecule has 1 aliphatic heterocycles. The van der Waals surface area contributed by atoms with Crippen LogP contribution < -0.4 is 5.32 Å². The first-order valence-corrected chi connectivity index (χ1v) is 8.21. The lowest BCUT2D eigenvalue weighted by Crippen LogP contribution is -2.31. The Kier molecular flexibility index (Phi) is 7.57. The number of carbonyl (C=O) groups excluding carboxylic acids is 1. The van der Waals surface area contributed by atoms with Gasteiger partial charge in [0.2, 0.25) is 5.91 Å². The van der Waals surface area contributed by atoms with E-state index < -0.39 is 0 Å². The van der Waals surface area contributed by atoms with Crippen molar-refractivity contribution in [2.75, 3.05) is 32.4 Å². The normalized spacial score (nSPS) is 17.7. The minimum atomic E-state index is 0. The third-order valence-corrected chi connectivity index (χ3v) is 4.97. The second kappa shape index (κ2) is 8.66. The number of carbonyl (C=O) groups is 1. The van der Waals surface area contributed by atoms with Crippen molar-refractivity contribution in [1.82, 2.24) is 10.2 Å². The topological polar surface area (TPSA) is 32.3 Å². The van der Waals surface area contributed by atoms with E-state index in [1.54, 1.807) is 11.8 Å². The molecule has 0 bridgehead atoms. The van der Waals surface area contributed by atoms with Gasteiger partial charge in [-0.1, -0.05) is 17.7 Å². The number of halogens is 1. The smallest absolute Gasteiger partial charge is 0.232 e. The molecule has 0 radical (unpaired) electrons. The maximum Gasteiger partial charge on any atom is 0.232 e. The van der Waals surface area contributed by atoms with Crippen molar-refractivity contribution in [3.05, 3.63) is 29.3 Å². The number of amides is 1. The molecule has 1 amide bonds. The van der Waals surface area contributed by atoms with Crippen LogP contribution in [0.4, 0.5) is 0 Å². The highest BCUT2D eigenvalue weighted by Gasteiger charge is 2.25. The number of aryl methyl sites for hydroxylation is 2. The zero-order valence-corrected chi connectivity index (χ0v) is 14.6. The minimum Gasteiger partial charge on any atom is -0.342 e. The van der Waals surface area contributed by atoms with Crippen LogP contribution in [0.1, 0.15) is 17.5 Å². The number of rotatable bonds is 5. The summed E-state index contributed by atoms with van der Waals surface area (Å²) >= 11 is 1.66. The van der Waals surface area contributed by atoms with Crippen molar-refractivity contribution in [2.24, 2.45) is 5.92 Å². The first kappa shape index (κ1) is 18.3. The molecule has 1 unspecified atom stereocenters. The molecule has 0 spiro atoms. The van der Waals surface area contributed by atoms with Crippen LogP contribution in [-0.4, -0.2) is 43.2 Å². The van der Waals surface area contributed by atoms with E-state index in [9.17, 15) is 4.79 Å². The molecule has 1 aromatic carbocycles. The van der Waals surface area contributed by atoms with Crippen molar-refractivity contribution in [2.45, 2.75) is 25.2 Å². The monoisotopic (exact) mass is 328 g/mol. The number of hydrogen-bond donors (Lipinski definition) is 1. The fourth-order valence-electron chi connectivity index (χ4n) is 2.61. The summed E-state index contributed by atoms with van der Waals surface area (Å²) in [6.45, 7) is 7.03. The number of likely N-dealkylation sites (tertiary alicyclic amines) is 1. The fourth-order valence-corrected chi connectivity index (χ4v) is 3.63. The molecule has 0 aromatic heterocycles. The van der Waals surface area contributed by atoms with Crippen LogP contribution >= 0.6 is 24.2 Å². The Balaban J connectivity index is 0.00000220. The van der Waals surface area contributed by atoms with E-state index in [0.717, 1.165) is 26.1 Å². The Labute approximate surface area is 138 Å². The number of nitrogens with one attached hydrogen (secondary N) is 1. The summed E-state index contributed by atoms with van der Waals surface area (Å²) in [6.07, 6.45) is 1.13. The summed E-state index contributed by atoms with van der Waals surface area (Å²) in [4.78, 5) is 15.5. The van der Waals surface area contributed by atoms with Crippen molar-refractivity contribution < 1.29 is 4.79 Å². The predicted molar refractivity (Wildman–Crippen MR) is 92.5 cm³/mol. The number of nitrogens with zero attached hydrogens (tertiary/aromatic N) is 1. The fraction of sp³-hybridized carbons (Fsp3) is 0.562. The molecule has 2 rings (SSSR count). The van der Waals surface area contributed by atoms with Gasteiger partial charge in [0.25, 0.3) is 0 Å². The van der Waals surface area contributed by atoms with Gasteiger partial charge in [-0.25, -0.2) is 0 Å². The molecule has 0 saturated carbocycles. The van der Waals surface area contributed by atoms with Crippen LogP contribution in [-0.2, 0) is 4.79 Å². The maximum atomic E-state index is 12.2. The van der Waals surface area contributed by atoms with Gasteiger partial charge in [0.1, 0.15) is 0 Å². The number of thioether (sulfide) groups is 1. The Bertz CT molecular complexity index is 481. The van der Waals surface area contributed by atoms with Crippen molar-refractivity contribution in [1.29, 1.82) is 0 Å². The van der Waals surface area contributed by atoms with Crippen LogP contribution in [0.25, 0.3) is 0 Å². The number of benzene rings is 1. The zero-order valence-electron chi connectivity index (χ0n) is 13.0. The third kappa shape index (κ3) is 5.20. The highest BCUT2D eigenvalue weighted by atomic mass is 35.5. The molecule has 118 valence electrons. The van der Waals surface area contributed by atoms with Gasteiger partial charge < -0.3 is 10.2 Å². The van der Waals surface area contributed by atoms with Gasteiger partial charge in [0.05, 0.1) is 5.75 Å². The molecule has 1 aromatic rings. The molecule has 3 nitrogen and oxygen atoms in total. The van der Waals surface area contributed by atoms with E-state index in [1.165, 1.54) is 16.0 Å². The molecule has 1 saturated heterocycles. The second-order valence-electron chi connectivity index (χ2n) is 5.61. The summed E-state index contributed by atoms with van der Waals surface area (Å²) in [5.41, 5.74) is 2.50. The minimum absolute atomic E-state index is 0. The largest absolute Gasteiger partial charge is 0.342 e. The lowest BCUT2D eigenvalue weighted by atomic mass is 10.1. The van der Waals surface area contributed by atoms with Gasteiger partial charge in [0, 0.05) is 18.0 Å². The first-order valence-electron chi connectivity index (χ1n) is 7.22. The predicted octanol–water partition coefficient (Wildman–Crippen LogP) is 2.89. The summed E-state index contributed by atoms with van der Waals surface area (Å²) in [6, 6.07) is 6.41. The molecule has 1 N–H and O–H groups in total. The van der Waals surface area contributed by atoms with E-state index in [1.807, 2.05) is 11.9 Å². The van der Waals surface area contributed by atoms with E-state index in [0.29, 0.717) is 11.7 Å². The summed E-state index contributed by atoms with van der Waals surface area (Å²) < 4.78 is 0. The zero-order chi connectivity index (χ0) is 14.5. The SMILES string of the molecule is CNCC1CCN(C(=O)CSc2cc(C)ccc2C)C1.Cl. The first-order chi connectivity index (χ1) is 9.60. The lowest BCUT2D eigenvalue weighted by Gasteiger charge is -2.16. The molecular weight excluding hydrogens is 304 g/mol. The van der Waals surface area contributed by atoms with Gasteiger partial charge >= 0.3 is 0 Å². The average Bonchev–Trinajstić information content (AvgIpc) is 2.88. The van der Waals surface area contributed by atoms with Crippen molar-refractivity contribution >= 4 is 30.1 Å². The molecule has 1 atom stereocenters. The average molecular weight is 329 g/mol. The second-order valence-corrected chi connectivity index (χ2v) is 6.63. The van der Waals surface area contributed by atoms with Crippen LogP contribution in [0.15, 0.2) is 23.1 Å². The van der Waals surface area contributed by atoms with E-state index >= 15 is 0 Å². The maximum absolute atomic E-state index is 12.2. The van der Waals surface area contributed by atoms with Gasteiger partial charge in [0.15, 0.2) is 0 Å². The van der Waals surface area contributed by atoms with Gasteiger partial charge in [-0.3, -0.25) is 4.79 Å². The lowest BCUT2D eigenvalue weighted by molar-refractivity contribution is -0.127. The van der Waals surface area contributed by atoms with Gasteiger partial charge in [-0.15, -0.1) is 24.2 Å². The number of hydrogen-bond acceptors (Lipinski definition) is 3. The van der Waals surface area contributed by atoms with Crippen LogP contribution in [0.2, 0.25) is 0 Å². The van der Waals surface area contributed by atoms with Crippen LogP contribution in [0.5, 0.6) is 0 Å². The van der Waals surface area contributed by atoms with E-state index in [4.69, 9.17) is 0 Å². The molecule has 5 heteroatoms. The molecule has 0 aliphatic carbocycles. The van der Waals surface area contributed by atoms with Gasteiger partial charge in [-0.05, 0) is 51.4 Å². The van der Waals surface area contributed by atoms with E-state index in [-0.39, 0.29) is 18.3 Å². The Morgan fingerprint density at radius 2 is 2.19 bits per heavy atom.